The van der Waals surface area contributed by atoms with Gasteiger partial charge >= 0.3 is 5.97 Å². The summed E-state index contributed by atoms with van der Waals surface area (Å²) in [5, 5.41) is 9.70. The lowest BCUT2D eigenvalue weighted by atomic mass is 10.0. The number of carbonyl (C=O) groups is 1. The van der Waals surface area contributed by atoms with Crippen LogP contribution in [0.5, 0.6) is 0 Å². The molecule has 1 atom stereocenters. The van der Waals surface area contributed by atoms with Gasteiger partial charge in [-0.1, -0.05) is 29.8 Å². The Morgan fingerprint density at radius 3 is 2.50 bits per heavy atom. The number of carboxylic acid groups (broad SMARTS) is 1. The van der Waals surface area contributed by atoms with Gasteiger partial charge in [0.05, 0.1) is 12.8 Å². The lowest BCUT2D eigenvalue weighted by Gasteiger charge is -2.37. The topological polar surface area (TPSA) is 56.9 Å². The Labute approximate surface area is 142 Å². The van der Waals surface area contributed by atoms with Crippen molar-refractivity contribution in [2.75, 3.05) is 26.2 Å². The van der Waals surface area contributed by atoms with Crippen molar-refractivity contribution in [3.05, 3.63) is 59.0 Å². The van der Waals surface area contributed by atoms with Crippen molar-refractivity contribution in [3.8, 4) is 0 Å². The van der Waals surface area contributed by atoms with E-state index in [0.717, 1.165) is 55.2 Å². The molecule has 2 aromatic rings. The van der Waals surface area contributed by atoms with Crippen LogP contribution in [0.25, 0.3) is 0 Å². The van der Waals surface area contributed by atoms with Crippen LogP contribution in [0.15, 0.2) is 41.0 Å². The van der Waals surface area contributed by atoms with E-state index in [2.05, 4.69) is 15.9 Å². The number of aryl methyl sites for hydroxylation is 2. The fourth-order valence-electron chi connectivity index (χ4n) is 3.32. The summed E-state index contributed by atoms with van der Waals surface area (Å²) in [6.07, 6.45) is 1.77. The van der Waals surface area contributed by atoms with Gasteiger partial charge in [0.1, 0.15) is 11.8 Å². The monoisotopic (exact) mass is 328 g/mol. The van der Waals surface area contributed by atoms with Gasteiger partial charge < -0.3 is 9.52 Å². The van der Waals surface area contributed by atoms with Crippen LogP contribution in [0.4, 0.5) is 0 Å². The molecular weight excluding hydrogens is 304 g/mol. The number of hydrogen-bond acceptors (Lipinski definition) is 4. The van der Waals surface area contributed by atoms with Crippen molar-refractivity contribution < 1.29 is 14.3 Å². The summed E-state index contributed by atoms with van der Waals surface area (Å²) in [5.74, 6) is 0.185. The lowest BCUT2D eigenvalue weighted by Crippen LogP contribution is -2.48. The molecule has 128 valence electrons. The minimum Gasteiger partial charge on any atom is -0.480 e. The molecule has 1 unspecified atom stereocenters. The molecule has 0 radical (unpaired) electrons. The highest BCUT2D eigenvalue weighted by atomic mass is 16.4. The van der Waals surface area contributed by atoms with Crippen molar-refractivity contribution in [1.82, 2.24) is 9.80 Å². The third-order valence-electron chi connectivity index (χ3n) is 4.53. The summed E-state index contributed by atoms with van der Waals surface area (Å²) in [5.41, 5.74) is 3.08. The van der Waals surface area contributed by atoms with E-state index in [9.17, 15) is 9.90 Å². The van der Waals surface area contributed by atoms with E-state index >= 15 is 0 Å². The van der Waals surface area contributed by atoms with Crippen LogP contribution in [0.1, 0.15) is 28.5 Å². The molecule has 0 bridgehead atoms. The average Bonchev–Trinajstić information content (AvgIpc) is 2.94. The fraction of sp³-hybridized carbons (Fsp3) is 0.421. The molecule has 0 amide bonds. The van der Waals surface area contributed by atoms with Crippen LogP contribution in [0.2, 0.25) is 0 Å². The van der Waals surface area contributed by atoms with Gasteiger partial charge in [0, 0.05) is 26.2 Å². The highest BCUT2D eigenvalue weighted by Gasteiger charge is 2.30. The molecule has 2 heterocycles. The van der Waals surface area contributed by atoms with E-state index in [1.807, 2.05) is 38.1 Å². The second-order valence-electron chi connectivity index (χ2n) is 6.56. The fourth-order valence-corrected chi connectivity index (χ4v) is 3.32. The normalized spacial score (nSPS) is 17.8. The predicted molar refractivity (Wildman–Crippen MR) is 91.9 cm³/mol. The van der Waals surface area contributed by atoms with Crippen molar-refractivity contribution in [2.45, 2.75) is 26.4 Å². The molecule has 0 spiro atoms. The van der Waals surface area contributed by atoms with Crippen molar-refractivity contribution in [2.24, 2.45) is 0 Å². The molecule has 1 fully saturated rings. The molecule has 1 aromatic heterocycles. The second kappa shape index (κ2) is 7.20. The number of rotatable bonds is 5. The number of piperazine rings is 1. The van der Waals surface area contributed by atoms with E-state index in [4.69, 9.17) is 4.42 Å². The minimum atomic E-state index is -0.782. The highest BCUT2D eigenvalue weighted by Crippen LogP contribution is 2.24. The van der Waals surface area contributed by atoms with Crippen molar-refractivity contribution >= 4 is 5.97 Å². The van der Waals surface area contributed by atoms with Crippen LogP contribution in [0, 0.1) is 13.8 Å². The summed E-state index contributed by atoms with van der Waals surface area (Å²) in [6.45, 7) is 7.96. The number of furan rings is 1. The van der Waals surface area contributed by atoms with Gasteiger partial charge in [0.25, 0.3) is 0 Å². The Kier molecular flexibility index (Phi) is 5.02. The summed E-state index contributed by atoms with van der Waals surface area (Å²) >= 11 is 0. The molecule has 3 rings (SSSR count). The Bertz CT molecular complexity index is 702. The maximum atomic E-state index is 11.8. The highest BCUT2D eigenvalue weighted by molar-refractivity contribution is 5.75. The molecule has 1 saturated heterocycles. The number of nitrogens with zero attached hydrogens (tertiary/aromatic N) is 2. The van der Waals surface area contributed by atoms with Crippen LogP contribution in [-0.2, 0) is 11.3 Å². The van der Waals surface area contributed by atoms with Crippen LogP contribution in [0.3, 0.4) is 0 Å². The number of hydrogen-bond donors (Lipinski definition) is 1. The molecule has 24 heavy (non-hydrogen) atoms. The molecule has 0 saturated carbocycles. The molecule has 5 heteroatoms. The number of carboxylic acids is 1. The molecule has 1 N–H and O–H groups in total. The Morgan fingerprint density at radius 2 is 1.92 bits per heavy atom. The third-order valence-corrected chi connectivity index (χ3v) is 4.53. The average molecular weight is 328 g/mol. The zero-order valence-electron chi connectivity index (χ0n) is 14.2. The second-order valence-corrected chi connectivity index (χ2v) is 6.56. The number of benzene rings is 1. The summed E-state index contributed by atoms with van der Waals surface area (Å²) in [6, 6.07) is 9.28. The van der Waals surface area contributed by atoms with Gasteiger partial charge in [-0.05, 0) is 31.0 Å². The van der Waals surface area contributed by atoms with Gasteiger partial charge in [-0.3, -0.25) is 14.6 Å². The molecule has 1 aliphatic rings. The van der Waals surface area contributed by atoms with E-state index in [1.165, 1.54) is 0 Å². The SMILES string of the molecule is Cc1cccc(C(C(=O)O)N2CCN(Cc3cc(C)co3)CC2)c1. The third kappa shape index (κ3) is 3.86. The van der Waals surface area contributed by atoms with Crippen LogP contribution < -0.4 is 0 Å². The number of aliphatic carboxylic acids is 1. The van der Waals surface area contributed by atoms with Crippen LogP contribution in [-0.4, -0.2) is 47.1 Å². The van der Waals surface area contributed by atoms with E-state index < -0.39 is 12.0 Å². The largest absolute Gasteiger partial charge is 0.480 e. The zero-order valence-corrected chi connectivity index (χ0v) is 14.2. The first-order valence-electron chi connectivity index (χ1n) is 8.33. The smallest absolute Gasteiger partial charge is 0.325 e. The minimum absolute atomic E-state index is 0.571. The van der Waals surface area contributed by atoms with E-state index in [1.54, 1.807) is 6.26 Å². The van der Waals surface area contributed by atoms with Gasteiger partial charge in [0.2, 0.25) is 0 Å². The van der Waals surface area contributed by atoms with E-state index in [-0.39, 0.29) is 0 Å². The van der Waals surface area contributed by atoms with Crippen LogP contribution >= 0.6 is 0 Å². The van der Waals surface area contributed by atoms with Crippen molar-refractivity contribution in [1.29, 1.82) is 0 Å². The van der Waals surface area contributed by atoms with E-state index in [0.29, 0.717) is 0 Å². The summed E-state index contributed by atoms with van der Waals surface area (Å²) < 4.78 is 5.51. The Balaban J connectivity index is 1.64. The molecule has 0 aliphatic carbocycles. The molecule has 1 aromatic carbocycles. The van der Waals surface area contributed by atoms with Gasteiger partial charge in [-0.2, -0.15) is 0 Å². The Morgan fingerprint density at radius 1 is 1.17 bits per heavy atom. The predicted octanol–water partition coefficient (Wildman–Crippen LogP) is 2.84. The molecule has 1 aliphatic heterocycles. The summed E-state index contributed by atoms with van der Waals surface area (Å²) in [7, 11) is 0. The van der Waals surface area contributed by atoms with Gasteiger partial charge in [-0.25, -0.2) is 0 Å². The maximum Gasteiger partial charge on any atom is 0.325 e. The first kappa shape index (κ1) is 16.7. The first-order chi connectivity index (χ1) is 11.5. The maximum absolute atomic E-state index is 11.8. The summed E-state index contributed by atoms with van der Waals surface area (Å²) in [4.78, 5) is 16.2. The lowest BCUT2D eigenvalue weighted by molar-refractivity contribution is -0.144. The molecular formula is C19H24N2O3. The quantitative estimate of drug-likeness (QED) is 0.914. The first-order valence-corrected chi connectivity index (χ1v) is 8.33. The Hall–Kier alpha value is -2.11. The van der Waals surface area contributed by atoms with Gasteiger partial charge in [-0.15, -0.1) is 0 Å². The standard InChI is InChI=1S/C19H24N2O3/c1-14-4-3-5-16(10-14)18(19(22)23)21-8-6-20(7-9-21)12-17-11-15(2)13-24-17/h3-5,10-11,13,18H,6-9,12H2,1-2H3,(H,22,23). The van der Waals surface area contributed by atoms with Crippen molar-refractivity contribution in [3.63, 3.8) is 0 Å². The zero-order chi connectivity index (χ0) is 17.1. The van der Waals surface area contributed by atoms with Gasteiger partial charge in [0.15, 0.2) is 0 Å². The molecule has 5 nitrogen and oxygen atoms in total.